The predicted octanol–water partition coefficient (Wildman–Crippen LogP) is 5.98. The summed E-state index contributed by atoms with van der Waals surface area (Å²) < 4.78 is 286. The second-order valence-electron chi connectivity index (χ2n) is 5.94. The van der Waals surface area contributed by atoms with Crippen LogP contribution < -0.4 is 6.15 Å². The van der Waals surface area contributed by atoms with Gasteiger partial charge in [-0.2, -0.15) is 87.4 Å². The number of hydrogen-bond acceptors (Lipinski definition) is 3. The molecule has 35 heavy (non-hydrogen) atoms. The van der Waals surface area contributed by atoms with Crippen LogP contribution in [0.1, 0.15) is 0 Å². The van der Waals surface area contributed by atoms with Gasteiger partial charge >= 0.3 is 69.2 Å². The van der Waals surface area contributed by atoms with Crippen LogP contribution in [0.3, 0.4) is 0 Å². The Hall–Kier alpha value is -1.53. The average molecular weight is 599 g/mol. The van der Waals surface area contributed by atoms with Gasteiger partial charge in [-0.1, -0.05) is 0 Å². The highest BCUT2D eigenvalue weighted by Gasteiger charge is 2.97. The van der Waals surface area contributed by atoms with E-state index in [-0.39, 0.29) is 6.15 Å². The van der Waals surface area contributed by atoms with Crippen molar-refractivity contribution in [3.05, 3.63) is 0 Å². The lowest BCUT2D eigenvalue weighted by atomic mass is 9.87. The number of alkyl halides is 20. The fraction of sp³-hybridized carbons (Fsp3) is 1.00. The summed E-state index contributed by atoms with van der Waals surface area (Å²) in [4.78, 5) is 0. The first-order valence-corrected chi connectivity index (χ1v) is 8.29. The Balaban J connectivity index is 0. The van der Waals surface area contributed by atoms with Gasteiger partial charge < -0.3 is 6.15 Å². The lowest BCUT2D eigenvalue weighted by Crippen LogP contribution is -2.76. The molecule has 0 aliphatic heterocycles. The van der Waals surface area contributed by atoms with Crippen LogP contribution in [0.5, 0.6) is 0 Å². The number of rotatable bonds is 10. The summed E-state index contributed by atoms with van der Waals surface area (Å²) in [7, 11) is -8.04. The van der Waals surface area contributed by atoms with Gasteiger partial charge in [0.15, 0.2) is 0 Å². The molecule has 0 amide bonds. The van der Waals surface area contributed by atoms with Crippen molar-refractivity contribution < 1.29 is 101 Å². The van der Waals surface area contributed by atoms with Crippen molar-refractivity contribution in [1.82, 2.24) is 6.15 Å². The van der Waals surface area contributed by atoms with E-state index in [4.69, 9.17) is 4.55 Å². The van der Waals surface area contributed by atoms with E-state index in [9.17, 15) is 96.2 Å². The lowest BCUT2D eigenvalue weighted by molar-refractivity contribution is -0.462. The van der Waals surface area contributed by atoms with Crippen molar-refractivity contribution in [2.45, 2.75) is 59.1 Å². The predicted molar refractivity (Wildman–Crippen MR) is 67.1 cm³/mol. The van der Waals surface area contributed by atoms with Crippen LogP contribution in [0.2, 0.25) is 0 Å². The van der Waals surface area contributed by atoms with E-state index < -0.39 is 69.2 Å². The Morgan fingerprint density at radius 2 is 0.657 bits per heavy atom. The van der Waals surface area contributed by atoms with E-state index >= 15 is 0 Å². The van der Waals surface area contributed by atoms with Gasteiger partial charge in [0.05, 0.1) is 0 Å². The molecule has 4 nitrogen and oxygen atoms in total. The topological polar surface area (TPSA) is 89.4 Å². The minimum Gasteiger partial charge on any atom is -0.344 e. The maximum atomic E-state index is 13.3. The molecular weight excluding hydrogens is 594 g/mol. The van der Waals surface area contributed by atoms with Crippen LogP contribution >= 0.6 is 0 Å². The van der Waals surface area contributed by atoms with Crippen LogP contribution in [0.15, 0.2) is 0 Å². The molecule has 0 unspecified atom stereocenters. The molecule has 0 aromatic carbocycles. The second kappa shape index (κ2) is 8.51. The molecule has 214 valence electrons. The van der Waals surface area contributed by atoms with E-state index in [0.717, 1.165) is 0 Å². The molecule has 0 saturated heterocycles. The van der Waals surface area contributed by atoms with Crippen molar-refractivity contribution >= 4 is 10.1 Å². The summed E-state index contributed by atoms with van der Waals surface area (Å²) >= 11 is 0. The molecule has 25 heteroatoms. The van der Waals surface area contributed by atoms with Gasteiger partial charge in [0.1, 0.15) is 0 Å². The number of hydrogen-bond donors (Lipinski definition) is 2. The molecule has 0 aliphatic rings. The van der Waals surface area contributed by atoms with E-state index in [1.807, 2.05) is 0 Å². The molecule has 0 radical (unpaired) electrons. The Morgan fingerprint density at radius 3 is 0.857 bits per heavy atom. The first-order valence-electron chi connectivity index (χ1n) is 6.85. The zero-order valence-corrected chi connectivity index (χ0v) is 15.8. The summed E-state index contributed by atoms with van der Waals surface area (Å²) in [5.41, 5.74) is 0. The summed E-state index contributed by atoms with van der Waals surface area (Å²) in [5.74, 6) is -70.6. The molecular formula is C10H5F20NO3S. The van der Waals surface area contributed by atoms with E-state index in [1.165, 1.54) is 0 Å². The maximum Gasteiger partial charge on any atom is 0.438 e. The number of halogens is 20. The molecule has 0 saturated carbocycles. The lowest BCUT2D eigenvalue weighted by Gasteiger charge is -2.44. The Bertz CT molecular complexity index is 880. The standard InChI is InChI=1S/C10H2F20O3S.H3N/c11-1(12)2(13,14)3(15,16)4(17,18)5(19,20)6(21,22)7(23,24)8(25,26)9(27,28)10(29,30)34(31,32)33;/h1H,(H,31,32,33);1H3. The minimum atomic E-state index is -9.24. The summed E-state index contributed by atoms with van der Waals surface area (Å²) in [6, 6.07) is 0. The van der Waals surface area contributed by atoms with Gasteiger partial charge in [-0.05, 0) is 0 Å². The van der Waals surface area contributed by atoms with Gasteiger partial charge in [-0.3, -0.25) is 4.55 Å². The highest BCUT2D eigenvalue weighted by Crippen LogP contribution is 2.65. The Kier molecular flexibility index (Phi) is 8.66. The first kappa shape index (κ1) is 35.6. The zero-order valence-electron chi connectivity index (χ0n) is 15.0. The fourth-order valence-corrected chi connectivity index (χ4v) is 2.13. The molecule has 0 spiro atoms. The van der Waals surface area contributed by atoms with Gasteiger partial charge in [0.2, 0.25) is 0 Å². The monoisotopic (exact) mass is 599 g/mol. The third kappa shape index (κ3) is 4.13. The molecule has 0 heterocycles. The SMILES string of the molecule is N.O=S(=O)(O)C(F)(F)C(F)(F)C(F)(F)C(F)(F)C(F)(F)C(F)(F)C(F)(F)C(F)(F)C(F)(F)C(F)F. The van der Waals surface area contributed by atoms with Crippen molar-refractivity contribution in [1.29, 1.82) is 0 Å². The first-order chi connectivity index (χ1) is 14.2. The van der Waals surface area contributed by atoms with Gasteiger partial charge in [-0.25, -0.2) is 8.78 Å². The van der Waals surface area contributed by atoms with Gasteiger partial charge in [-0.15, -0.1) is 0 Å². The molecule has 0 fully saturated rings. The van der Waals surface area contributed by atoms with Crippen molar-refractivity contribution in [3.8, 4) is 0 Å². The van der Waals surface area contributed by atoms with E-state index in [0.29, 0.717) is 0 Å². The molecule has 4 N–H and O–H groups in total. The normalized spacial score (nSPS) is 16.4. The summed E-state index contributed by atoms with van der Waals surface area (Å²) in [5, 5.41) is -8.01. The average Bonchev–Trinajstić information content (AvgIpc) is 2.58. The third-order valence-corrected chi connectivity index (χ3v) is 4.65. The van der Waals surface area contributed by atoms with E-state index in [1.54, 1.807) is 0 Å². The molecule has 0 bridgehead atoms. The second-order valence-corrected chi connectivity index (χ2v) is 7.40. The summed E-state index contributed by atoms with van der Waals surface area (Å²) in [6.07, 6.45) is -6.17. The summed E-state index contributed by atoms with van der Waals surface area (Å²) in [6.45, 7) is 0. The molecule has 0 rings (SSSR count). The minimum absolute atomic E-state index is 0. The quantitative estimate of drug-likeness (QED) is 0.239. The van der Waals surface area contributed by atoms with E-state index in [2.05, 4.69) is 0 Å². The Morgan fingerprint density at radius 1 is 0.457 bits per heavy atom. The van der Waals surface area contributed by atoms with Crippen LogP contribution in [0.25, 0.3) is 0 Å². The van der Waals surface area contributed by atoms with Crippen LogP contribution in [0.4, 0.5) is 87.8 Å². The van der Waals surface area contributed by atoms with Crippen molar-refractivity contribution in [3.63, 3.8) is 0 Å². The fourth-order valence-electron chi connectivity index (χ4n) is 1.68. The van der Waals surface area contributed by atoms with Crippen LogP contribution in [-0.4, -0.2) is 72.0 Å². The van der Waals surface area contributed by atoms with Gasteiger partial charge in [0.25, 0.3) is 0 Å². The zero-order chi connectivity index (χ0) is 28.6. The smallest absolute Gasteiger partial charge is 0.344 e. The van der Waals surface area contributed by atoms with Crippen molar-refractivity contribution in [2.75, 3.05) is 0 Å². The molecule has 0 aliphatic carbocycles. The molecule has 0 aromatic heterocycles. The van der Waals surface area contributed by atoms with Gasteiger partial charge in [0, 0.05) is 0 Å². The van der Waals surface area contributed by atoms with Crippen LogP contribution in [0, 0.1) is 0 Å². The largest absolute Gasteiger partial charge is 0.438 e. The molecule has 0 aromatic rings. The highest BCUT2D eigenvalue weighted by atomic mass is 32.2. The Labute approximate surface area is 177 Å². The molecule has 0 atom stereocenters. The highest BCUT2D eigenvalue weighted by molar-refractivity contribution is 7.87. The van der Waals surface area contributed by atoms with Crippen molar-refractivity contribution in [2.24, 2.45) is 0 Å². The van der Waals surface area contributed by atoms with Crippen LogP contribution in [-0.2, 0) is 10.1 Å². The maximum absolute atomic E-state index is 13.3. The third-order valence-electron chi connectivity index (χ3n) is 3.75.